The molecule has 0 unspecified atom stereocenters. The van der Waals surface area contributed by atoms with Gasteiger partial charge in [0.1, 0.15) is 5.82 Å². The lowest BCUT2D eigenvalue weighted by Crippen LogP contribution is -2.30. The first-order chi connectivity index (χ1) is 15.6. The summed E-state index contributed by atoms with van der Waals surface area (Å²) in [7, 11) is 0. The number of fused-ring (bicyclic) bond motifs is 2. The SMILES string of the molecule is O=C(Nc1ccc2nc(SCC(=O)N3CCc4ccccc43)sc2c1)c1ccc(F)cc1. The highest BCUT2D eigenvalue weighted by molar-refractivity contribution is 8.01. The van der Waals surface area contributed by atoms with Gasteiger partial charge in [0.15, 0.2) is 4.34 Å². The number of nitrogens with one attached hydrogen (secondary N) is 1. The molecule has 1 aliphatic heterocycles. The van der Waals surface area contributed by atoms with Crippen LogP contribution in [-0.4, -0.2) is 29.1 Å². The molecular formula is C24H18FN3O2S2. The topological polar surface area (TPSA) is 62.3 Å². The molecule has 8 heteroatoms. The summed E-state index contributed by atoms with van der Waals surface area (Å²) in [5, 5.41) is 2.83. The fourth-order valence-electron chi connectivity index (χ4n) is 3.65. The summed E-state index contributed by atoms with van der Waals surface area (Å²) in [6.07, 6.45) is 0.889. The molecule has 1 N–H and O–H groups in total. The number of thioether (sulfide) groups is 1. The molecule has 0 saturated carbocycles. The molecule has 2 amide bonds. The Morgan fingerprint density at radius 2 is 1.91 bits per heavy atom. The van der Waals surface area contributed by atoms with E-state index in [1.807, 2.05) is 35.2 Å². The van der Waals surface area contributed by atoms with E-state index in [1.54, 1.807) is 6.07 Å². The van der Waals surface area contributed by atoms with Crippen LogP contribution < -0.4 is 10.2 Å². The van der Waals surface area contributed by atoms with Gasteiger partial charge in [-0.25, -0.2) is 9.37 Å². The van der Waals surface area contributed by atoms with Gasteiger partial charge in [-0.2, -0.15) is 0 Å². The van der Waals surface area contributed by atoms with Crippen molar-refractivity contribution in [2.24, 2.45) is 0 Å². The molecule has 160 valence electrons. The number of hydrogen-bond acceptors (Lipinski definition) is 5. The number of thiazole rings is 1. The Hall–Kier alpha value is -3.23. The highest BCUT2D eigenvalue weighted by Crippen LogP contribution is 2.33. The molecule has 0 spiro atoms. The van der Waals surface area contributed by atoms with E-state index in [4.69, 9.17) is 0 Å². The summed E-state index contributed by atoms with van der Waals surface area (Å²) in [4.78, 5) is 31.6. The highest BCUT2D eigenvalue weighted by Gasteiger charge is 2.24. The maximum absolute atomic E-state index is 13.1. The van der Waals surface area contributed by atoms with E-state index in [0.717, 1.165) is 33.2 Å². The summed E-state index contributed by atoms with van der Waals surface area (Å²) in [5.41, 5.74) is 4.05. The monoisotopic (exact) mass is 463 g/mol. The molecular weight excluding hydrogens is 445 g/mol. The van der Waals surface area contributed by atoms with E-state index in [9.17, 15) is 14.0 Å². The molecule has 4 aromatic rings. The number of hydrogen-bond donors (Lipinski definition) is 1. The minimum atomic E-state index is -0.384. The second-order valence-corrected chi connectivity index (χ2v) is 9.59. The molecule has 0 radical (unpaired) electrons. The Morgan fingerprint density at radius 1 is 1.09 bits per heavy atom. The molecule has 0 atom stereocenters. The van der Waals surface area contributed by atoms with Crippen LogP contribution >= 0.6 is 23.1 Å². The first-order valence-electron chi connectivity index (χ1n) is 10.1. The summed E-state index contributed by atoms with van der Waals surface area (Å²) >= 11 is 2.91. The van der Waals surface area contributed by atoms with Gasteiger partial charge in [-0.05, 0) is 60.5 Å². The van der Waals surface area contributed by atoms with Gasteiger partial charge in [0, 0.05) is 23.5 Å². The average molecular weight is 464 g/mol. The van der Waals surface area contributed by atoms with E-state index in [0.29, 0.717) is 17.0 Å². The lowest BCUT2D eigenvalue weighted by Gasteiger charge is -2.16. The first-order valence-corrected chi connectivity index (χ1v) is 11.9. The summed E-state index contributed by atoms with van der Waals surface area (Å²) in [5.74, 6) is -0.293. The first kappa shape index (κ1) is 20.7. The molecule has 32 heavy (non-hydrogen) atoms. The van der Waals surface area contributed by atoms with Crippen molar-refractivity contribution in [1.82, 2.24) is 4.98 Å². The molecule has 0 bridgehead atoms. The number of benzene rings is 3. The van der Waals surface area contributed by atoms with Crippen molar-refractivity contribution in [1.29, 1.82) is 0 Å². The van der Waals surface area contributed by atoms with Crippen LogP contribution in [0.3, 0.4) is 0 Å². The lowest BCUT2D eigenvalue weighted by molar-refractivity contribution is -0.116. The van der Waals surface area contributed by atoms with Crippen molar-refractivity contribution in [2.45, 2.75) is 10.8 Å². The quantitative estimate of drug-likeness (QED) is 0.404. The van der Waals surface area contributed by atoms with Crippen LogP contribution in [0, 0.1) is 5.82 Å². The van der Waals surface area contributed by atoms with E-state index >= 15 is 0 Å². The number of halogens is 1. The normalized spacial score (nSPS) is 12.7. The Bertz CT molecular complexity index is 1320. The predicted molar refractivity (Wildman–Crippen MR) is 127 cm³/mol. The van der Waals surface area contributed by atoms with E-state index in [-0.39, 0.29) is 17.6 Å². The second-order valence-electron chi connectivity index (χ2n) is 7.34. The Kier molecular flexibility index (Phi) is 5.63. The fourth-order valence-corrected chi connectivity index (χ4v) is 5.63. The Morgan fingerprint density at radius 3 is 2.75 bits per heavy atom. The minimum Gasteiger partial charge on any atom is -0.322 e. The van der Waals surface area contributed by atoms with Crippen molar-refractivity contribution in [2.75, 3.05) is 22.5 Å². The minimum absolute atomic E-state index is 0.0754. The third-order valence-corrected chi connectivity index (χ3v) is 7.39. The molecule has 5 nitrogen and oxygen atoms in total. The van der Waals surface area contributed by atoms with Crippen LogP contribution in [0.25, 0.3) is 10.2 Å². The van der Waals surface area contributed by atoms with E-state index in [1.165, 1.54) is 52.9 Å². The van der Waals surface area contributed by atoms with Gasteiger partial charge in [0.2, 0.25) is 5.91 Å². The zero-order chi connectivity index (χ0) is 22.1. The molecule has 0 fully saturated rings. The van der Waals surface area contributed by atoms with Crippen molar-refractivity contribution >= 4 is 56.5 Å². The number of amides is 2. The Balaban J connectivity index is 1.25. The van der Waals surface area contributed by atoms with Crippen LogP contribution in [0.5, 0.6) is 0 Å². The smallest absolute Gasteiger partial charge is 0.255 e. The van der Waals surface area contributed by atoms with Crippen LogP contribution in [0.15, 0.2) is 71.1 Å². The van der Waals surface area contributed by atoms with Gasteiger partial charge >= 0.3 is 0 Å². The highest BCUT2D eigenvalue weighted by atomic mass is 32.2. The van der Waals surface area contributed by atoms with Crippen LogP contribution in [0.2, 0.25) is 0 Å². The van der Waals surface area contributed by atoms with Crippen molar-refractivity contribution in [3.8, 4) is 0 Å². The maximum Gasteiger partial charge on any atom is 0.255 e. The number of aromatic nitrogens is 1. The van der Waals surface area contributed by atoms with Crippen molar-refractivity contribution in [3.05, 3.63) is 83.7 Å². The van der Waals surface area contributed by atoms with E-state index in [2.05, 4.69) is 16.4 Å². The fraction of sp³-hybridized carbons (Fsp3) is 0.125. The van der Waals surface area contributed by atoms with Crippen LogP contribution in [0.4, 0.5) is 15.8 Å². The Labute approximate surface area is 192 Å². The maximum atomic E-state index is 13.1. The number of rotatable bonds is 5. The van der Waals surface area contributed by atoms with Gasteiger partial charge in [-0.3, -0.25) is 9.59 Å². The number of nitrogens with zero attached hydrogens (tertiary/aromatic N) is 2. The van der Waals surface area contributed by atoms with Gasteiger partial charge in [0.25, 0.3) is 5.91 Å². The summed E-state index contributed by atoms with van der Waals surface area (Å²) < 4.78 is 14.8. The van der Waals surface area contributed by atoms with Crippen LogP contribution in [0.1, 0.15) is 15.9 Å². The molecule has 2 heterocycles. The standard InChI is InChI=1S/C24H18FN3O2S2/c25-17-7-5-16(6-8-17)23(30)26-18-9-10-19-21(13-18)32-24(27-19)31-14-22(29)28-12-11-15-3-1-2-4-20(15)28/h1-10,13H,11-12,14H2,(H,26,30). The van der Waals surface area contributed by atoms with Gasteiger partial charge < -0.3 is 10.2 Å². The summed E-state index contributed by atoms with van der Waals surface area (Å²) in [6.45, 7) is 0.718. The third-order valence-electron chi connectivity index (χ3n) is 5.24. The second kappa shape index (κ2) is 8.72. The zero-order valence-corrected chi connectivity index (χ0v) is 18.5. The lowest BCUT2D eigenvalue weighted by atomic mass is 10.2. The molecule has 1 aromatic heterocycles. The van der Waals surface area contributed by atoms with E-state index < -0.39 is 0 Å². The molecule has 5 rings (SSSR count). The van der Waals surface area contributed by atoms with Crippen molar-refractivity contribution < 1.29 is 14.0 Å². The third kappa shape index (κ3) is 4.24. The van der Waals surface area contributed by atoms with Gasteiger partial charge in [0.05, 0.1) is 16.0 Å². The number of para-hydroxylation sites is 1. The molecule has 3 aromatic carbocycles. The van der Waals surface area contributed by atoms with Gasteiger partial charge in [-0.15, -0.1) is 11.3 Å². The predicted octanol–water partition coefficient (Wildman–Crippen LogP) is 5.37. The largest absolute Gasteiger partial charge is 0.322 e. The zero-order valence-electron chi connectivity index (χ0n) is 16.9. The number of carbonyl (C=O) groups is 2. The molecule has 1 aliphatic rings. The number of carbonyl (C=O) groups excluding carboxylic acids is 2. The van der Waals surface area contributed by atoms with Crippen LogP contribution in [-0.2, 0) is 11.2 Å². The van der Waals surface area contributed by atoms with Crippen molar-refractivity contribution in [3.63, 3.8) is 0 Å². The summed E-state index contributed by atoms with van der Waals surface area (Å²) in [6, 6.07) is 18.9. The average Bonchev–Trinajstić information content (AvgIpc) is 3.41. The van der Waals surface area contributed by atoms with Gasteiger partial charge in [-0.1, -0.05) is 30.0 Å². The number of anilines is 2. The molecule has 0 aliphatic carbocycles. The molecule has 0 saturated heterocycles.